The first-order valence-corrected chi connectivity index (χ1v) is 5.60. The monoisotopic (exact) mass is 211 g/mol. The number of aromatic hydroxyl groups is 1. The van der Waals surface area contributed by atoms with E-state index in [1.54, 1.807) is 6.07 Å². The minimum absolute atomic E-state index is 0.0437. The smallest absolute Gasteiger partial charge is 0.179 e. The second-order valence-corrected chi connectivity index (χ2v) is 4.83. The molecule has 0 bridgehead atoms. The second-order valence-electron chi connectivity index (χ2n) is 2.72. The molecular weight excluding hydrogens is 202 g/mol. The maximum absolute atomic E-state index is 11.5. The third kappa shape index (κ3) is 2.47. The second kappa shape index (κ2) is 4.11. The topological polar surface area (TPSA) is 78.2 Å². The molecule has 0 aliphatic rings. The summed E-state index contributed by atoms with van der Waals surface area (Å²) in [5.74, 6) is -0.310. The Labute approximate surface area is 82.3 Å². The number of nitriles is 1. The van der Waals surface area contributed by atoms with Crippen molar-refractivity contribution in [3.63, 3.8) is 0 Å². The minimum Gasteiger partial charge on any atom is -0.508 e. The molecule has 5 heteroatoms. The van der Waals surface area contributed by atoms with Crippen molar-refractivity contribution in [1.82, 2.24) is 0 Å². The van der Waals surface area contributed by atoms with Gasteiger partial charge in [-0.2, -0.15) is 5.26 Å². The van der Waals surface area contributed by atoms with E-state index < -0.39 is 9.84 Å². The molecule has 0 heterocycles. The highest BCUT2D eigenvalue weighted by Crippen LogP contribution is 2.17. The summed E-state index contributed by atoms with van der Waals surface area (Å²) in [6.07, 6.45) is -0.0437. The lowest BCUT2D eigenvalue weighted by atomic mass is 10.3. The molecule has 0 saturated carbocycles. The van der Waals surface area contributed by atoms with Gasteiger partial charge in [-0.25, -0.2) is 8.42 Å². The molecule has 0 aliphatic heterocycles. The molecule has 1 rings (SSSR count). The van der Waals surface area contributed by atoms with Crippen molar-refractivity contribution in [3.8, 4) is 11.8 Å². The van der Waals surface area contributed by atoms with Gasteiger partial charge in [0, 0.05) is 6.42 Å². The third-order valence-corrected chi connectivity index (χ3v) is 3.37. The van der Waals surface area contributed by atoms with Gasteiger partial charge in [-0.05, 0) is 18.2 Å². The Morgan fingerprint density at radius 1 is 1.43 bits per heavy atom. The van der Waals surface area contributed by atoms with Crippen LogP contribution < -0.4 is 0 Å². The van der Waals surface area contributed by atoms with E-state index in [1.807, 2.05) is 0 Å². The van der Waals surface area contributed by atoms with Crippen LogP contribution in [0.1, 0.15) is 6.42 Å². The molecule has 0 aliphatic carbocycles. The van der Waals surface area contributed by atoms with Crippen LogP contribution in [0.2, 0.25) is 0 Å². The van der Waals surface area contributed by atoms with Gasteiger partial charge in [-0.15, -0.1) is 0 Å². The zero-order chi connectivity index (χ0) is 10.6. The van der Waals surface area contributed by atoms with Gasteiger partial charge in [0.05, 0.1) is 16.7 Å². The van der Waals surface area contributed by atoms with Crippen LogP contribution in [-0.4, -0.2) is 19.3 Å². The van der Waals surface area contributed by atoms with Crippen molar-refractivity contribution in [1.29, 1.82) is 5.26 Å². The molecule has 14 heavy (non-hydrogen) atoms. The number of sulfone groups is 1. The van der Waals surface area contributed by atoms with E-state index in [0.717, 1.165) is 0 Å². The lowest BCUT2D eigenvalue weighted by molar-refractivity contribution is 0.473. The summed E-state index contributed by atoms with van der Waals surface area (Å²) in [6.45, 7) is 0. The first-order chi connectivity index (χ1) is 6.56. The van der Waals surface area contributed by atoms with Gasteiger partial charge in [-0.1, -0.05) is 6.07 Å². The Morgan fingerprint density at radius 3 is 2.71 bits per heavy atom. The molecular formula is C9H9NO3S. The molecule has 0 amide bonds. The van der Waals surface area contributed by atoms with Crippen LogP contribution in [0.3, 0.4) is 0 Å². The number of hydrogen-bond acceptors (Lipinski definition) is 4. The highest BCUT2D eigenvalue weighted by Gasteiger charge is 2.13. The number of hydrogen-bond donors (Lipinski definition) is 1. The highest BCUT2D eigenvalue weighted by atomic mass is 32.2. The van der Waals surface area contributed by atoms with Crippen molar-refractivity contribution >= 4 is 9.84 Å². The summed E-state index contributed by atoms with van der Waals surface area (Å²) in [7, 11) is -3.43. The molecule has 1 N–H and O–H groups in total. The van der Waals surface area contributed by atoms with Gasteiger partial charge < -0.3 is 5.11 Å². The lowest BCUT2D eigenvalue weighted by Gasteiger charge is -2.01. The van der Waals surface area contributed by atoms with E-state index in [1.165, 1.54) is 24.3 Å². The number of nitrogens with zero attached hydrogens (tertiary/aromatic N) is 1. The molecule has 4 nitrogen and oxygen atoms in total. The summed E-state index contributed by atoms with van der Waals surface area (Å²) >= 11 is 0. The fourth-order valence-corrected chi connectivity index (χ4v) is 2.16. The van der Waals surface area contributed by atoms with E-state index in [4.69, 9.17) is 10.4 Å². The van der Waals surface area contributed by atoms with Crippen molar-refractivity contribution in [2.24, 2.45) is 0 Å². The lowest BCUT2D eigenvalue weighted by Crippen LogP contribution is -2.05. The Morgan fingerprint density at radius 2 is 2.14 bits per heavy atom. The zero-order valence-electron chi connectivity index (χ0n) is 7.34. The summed E-state index contributed by atoms with van der Waals surface area (Å²) < 4.78 is 23.0. The standard InChI is InChI=1S/C9H9NO3S/c10-5-2-6-14(12,13)9-4-1-3-8(11)7-9/h1,3-4,7,11H,2,6H2. The summed E-state index contributed by atoms with van der Waals surface area (Å²) in [5.41, 5.74) is 0. The Balaban J connectivity index is 3.00. The molecule has 0 aromatic heterocycles. The Bertz CT molecular complexity index is 459. The fraction of sp³-hybridized carbons (Fsp3) is 0.222. The van der Waals surface area contributed by atoms with Crippen LogP contribution in [-0.2, 0) is 9.84 Å². The summed E-state index contributed by atoms with van der Waals surface area (Å²) in [4.78, 5) is 0.0488. The minimum atomic E-state index is -3.43. The van der Waals surface area contributed by atoms with Crippen LogP contribution in [0.4, 0.5) is 0 Å². The van der Waals surface area contributed by atoms with Gasteiger partial charge >= 0.3 is 0 Å². The maximum Gasteiger partial charge on any atom is 0.179 e. The van der Waals surface area contributed by atoms with Crippen molar-refractivity contribution < 1.29 is 13.5 Å². The summed E-state index contributed by atoms with van der Waals surface area (Å²) in [5, 5.41) is 17.3. The van der Waals surface area contributed by atoms with Gasteiger partial charge in [0.15, 0.2) is 9.84 Å². The first kappa shape index (κ1) is 10.5. The number of benzene rings is 1. The molecule has 0 atom stereocenters. The van der Waals surface area contributed by atoms with Crippen LogP contribution in [0.25, 0.3) is 0 Å². The third-order valence-electron chi connectivity index (χ3n) is 1.66. The number of rotatable bonds is 3. The predicted molar refractivity (Wildman–Crippen MR) is 50.4 cm³/mol. The molecule has 0 fully saturated rings. The molecule has 0 radical (unpaired) electrons. The normalized spacial score (nSPS) is 10.8. The highest BCUT2D eigenvalue weighted by molar-refractivity contribution is 7.91. The SMILES string of the molecule is N#CCCS(=O)(=O)c1cccc(O)c1. The van der Waals surface area contributed by atoms with Crippen LogP contribution >= 0.6 is 0 Å². The Kier molecular flexibility index (Phi) is 3.10. The zero-order valence-corrected chi connectivity index (χ0v) is 8.16. The predicted octanol–water partition coefficient (Wildman–Crippen LogP) is 1.08. The van der Waals surface area contributed by atoms with E-state index in [-0.39, 0.29) is 22.8 Å². The van der Waals surface area contributed by atoms with Gasteiger partial charge in [0.25, 0.3) is 0 Å². The molecule has 0 spiro atoms. The quantitative estimate of drug-likeness (QED) is 0.811. The van der Waals surface area contributed by atoms with Crippen LogP contribution in [0.15, 0.2) is 29.2 Å². The maximum atomic E-state index is 11.5. The van der Waals surface area contributed by atoms with Crippen molar-refractivity contribution in [2.45, 2.75) is 11.3 Å². The van der Waals surface area contributed by atoms with Crippen molar-refractivity contribution in [2.75, 3.05) is 5.75 Å². The molecule has 1 aromatic rings. The molecule has 0 unspecified atom stereocenters. The average molecular weight is 211 g/mol. The van der Waals surface area contributed by atoms with Crippen molar-refractivity contribution in [3.05, 3.63) is 24.3 Å². The van der Waals surface area contributed by atoms with E-state index >= 15 is 0 Å². The van der Waals surface area contributed by atoms with Gasteiger partial charge in [0.1, 0.15) is 5.75 Å². The number of phenols is 1. The number of phenolic OH excluding ortho intramolecular Hbond substituents is 1. The fourth-order valence-electron chi connectivity index (χ4n) is 0.975. The first-order valence-electron chi connectivity index (χ1n) is 3.95. The van der Waals surface area contributed by atoms with E-state index in [2.05, 4.69) is 0 Å². The van der Waals surface area contributed by atoms with Crippen LogP contribution in [0.5, 0.6) is 5.75 Å². The summed E-state index contributed by atoms with van der Waals surface area (Å²) in [6, 6.07) is 7.18. The average Bonchev–Trinajstić information content (AvgIpc) is 2.15. The molecule has 74 valence electrons. The molecule has 0 saturated heterocycles. The van der Waals surface area contributed by atoms with E-state index in [0.29, 0.717) is 0 Å². The Hall–Kier alpha value is -1.54. The molecule has 1 aromatic carbocycles. The van der Waals surface area contributed by atoms with Gasteiger partial charge in [-0.3, -0.25) is 0 Å². The van der Waals surface area contributed by atoms with E-state index in [9.17, 15) is 8.42 Å². The van der Waals surface area contributed by atoms with Gasteiger partial charge in [0.2, 0.25) is 0 Å². The largest absolute Gasteiger partial charge is 0.508 e. The van der Waals surface area contributed by atoms with Crippen LogP contribution in [0, 0.1) is 11.3 Å².